The van der Waals surface area contributed by atoms with Crippen LogP contribution in [0.4, 0.5) is 0 Å². The topological polar surface area (TPSA) is 73.2 Å². The molecular weight excluding hydrogens is 326 g/mol. The van der Waals surface area contributed by atoms with Crippen LogP contribution in [0.5, 0.6) is 0 Å². The van der Waals surface area contributed by atoms with E-state index >= 15 is 0 Å². The van der Waals surface area contributed by atoms with Crippen LogP contribution in [0.15, 0.2) is 54.6 Å². The van der Waals surface area contributed by atoms with E-state index in [4.69, 9.17) is 5.26 Å². The normalized spacial score (nSPS) is 16.3. The second-order valence-corrected chi connectivity index (χ2v) is 6.55. The zero-order chi connectivity index (χ0) is 18.4. The molecule has 1 heterocycles. The Balaban J connectivity index is 1.48. The Kier molecular flexibility index (Phi) is 5.65. The fraction of sp³-hybridized carbons (Fsp3) is 0.286. The van der Waals surface area contributed by atoms with Gasteiger partial charge in [-0.2, -0.15) is 5.26 Å². The summed E-state index contributed by atoms with van der Waals surface area (Å²) in [5.41, 5.74) is 2.14. The van der Waals surface area contributed by atoms with Crippen molar-refractivity contribution >= 4 is 11.8 Å². The maximum Gasteiger partial charge on any atom is 0.251 e. The molecule has 1 unspecified atom stereocenters. The molecule has 5 nitrogen and oxygen atoms in total. The number of rotatable bonds is 6. The molecule has 0 saturated carbocycles. The van der Waals surface area contributed by atoms with Crippen molar-refractivity contribution in [2.24, 2.45) is 5.92 Å². The number of benzene rings is 2. The molecule has 1 atom stereocenters. The minimum Gasteiger partial charge on any atom is -0.352 e. The molecule has 1 aliphatic heterocycles. The monoisotopic (exact) mass is 347 g/mol. The first-order valence-electron chi connectivity index (χ1n) is 8.76. The molecule has 0 spiro atoms. The van der Waals surface area contributed by atoms with Crippen LogP contribution in [0, 0.1) is 17.2 Å². The third-order valence-electron chi connectivity index (χ3n) is 4.61. The van der Waals surface area contributed by atoms with Crippen LogP contribution in [-0.4, -0.2) is 36.3 Å². The fourth-order valence-electron chi connectivity index (χ4n) is 3.18. The summed E-state index contributed by atoms with van der Waals surface area (Å²) in [4.78, 5) is 26.3. The van der Waals surface area contributed by atoms with Gasteiger partial charge in [0.05, 0.1) is 11.6 Å². The van der Waals surface area contributed by atoms with Gasteiger partial charge in [0, 0.05) is 37.5 Å². The Hall–Kier alpha value is -3.13. The van der Waals surface area contributed by atoms with E-state index in [0.29, 0.717) is 37.2 Å². The van der Waals surface area contributed by atoms with Crippen LogP contribution in [0.25, 0.3) is 0 Å². The van der Waals surface area contributed by atoms with Crippen LogP contribution in [0.3, 0.4) is 0 Å². The van der Waals surface area contributed by atoms with Crippen LogP contribution in [-0.2, 0) is 11.2 Å². The third kappa shape index (κ3) is 4.48. The number of hydrogen-bond acceptors (Lipinski definition) is 3. The Morgan fingerprint density at radius 3 is 2.77 bits per heavy atom. The minimum atomic E-state index is -0.211. The summed E-state index contributed by atoms with van der Waals surface area (Å²) in [5.74, 6) is 0.0605. The van der Waals surface area contributed by atoms with Gasteiger partial charge in [-0.3, -0.25) is 9.59 Å². The van der Waals surface area contributed by atoms with E-state index in [1.807, 2.05) is 29.2 Å². The van der Waals surface area contributed by atoms with Gasteiger partial charge in [0.25, 0.3) is 5.91 Å². The number of carbonyl (C=O) groups excluding carboxylic acids is 2. The lowest BCUT2D eigenvalue weighted by molar-refractivity contribution is -0.127. The number of nitriles is 1. The summed E-state index contributed by atoms with van der Waals surface area (Å²) < 4.78 is 0. The lowest BCUT2D eigenvalue weighted by Crippen LogP contribution is -2.32. The van der Waals surface area contributed by atoms with Crippen molar-refractivity contribution in [2.75, 3.05) is 19.6 Å². The number of nitrogens with zero attached hydrogens (tertiary/aromatic N) is 2. The van der Waals surface area contributed by atoms with Crippen molar-refractivity contribution in [1.29, 1.82) is 5.26 Å². The van der Waals surface area contributed by atoms with Gasteiger partial charge in [0.15, 0.2) is 0 Å². The minimum absolute atomic E-state index is 0.126. The van der Waals surface area contributed by atoms with E-state index in [0.717, 1.165) is 6.42 Å². The van der Waals surface area contributed by atoms with Crippen LogP contribution in [0.1, 0.15) is 27.9 Å². The highest BCUT2D eigenvalue weighted by Crippen LogP contribution is 2.18. The molecule has 1 aliphatic rings. The van der Waals surface area contributed by atoms with E-state index in [-0.39, 0.29) is 17.7 Å². The molecule has 2 amide bonds. The summed E-state index contributed by atoms with van der Waals surface area (Å²) in [7, 11) is 0. The number of amides is 2. The van der Waals surface area contributed by atoms with Gasteiger partial charge in [0.2, 0.25) is 5.91 Å². The van der Waals surface area contributed by atoms with E-state index in [1.54, 1.807) is 24.3 Å². The molecular formula is C21H21N3O2. The molecule has 132 valence electrons. The average molecular weight is 347 g/mol. The van der Waals surface area contributed by atoms with E-state index < -0.39 is 0 Å². The molecule has 0 aliphatic carbocycles. The first kappa shape index (κ1) is 17.7. The smallest absolute Gasteiger partial charge is 0.251 e. The van der Waals surface area contributed by atoms with Crippen LogP contribution >= 0.6 is 0 Å². The molecule has 3 rings (SSSR count). The van der Waals surface area contributed by atoms with Crippen molar-refractivity contribution in [3.05, 3.63) is 71.3 Å². The summed E-state index contributed by atoms with van der Waals surface area (Å²) in [6.45, 7) is 1.84. The lowest BCUT2D eigenvalue weighted by atomic mass is 10.1. The maximum absolute atomic E-state index is 12.2. The zero-order valence-electron chi connectivity index (χ0n) is 14.5. The first-order chi connectivity index (χ1) is 12.7. The Morgan fingerprint density at radius 1 is 1.19 bits per heavy atom. The fourth-order valence-corrected chi connectivity index (χ4v) is 3.18. The van der Waals surface area contributed by atoms with Crippen molar-refractivity contribution in [1.82, 2.24) is 10.2 Å². The van der Waals surface area contributed by atoms with E-state index in [2.05, 4.69) is 17.4 Å². The molecule has 2 aromatic carbocycles. The van der Waals surface area contributed by atoms with E-state index in [9.17, 15) is 9.59 Å². The van der Waals surface area contributed by atoms with Crippen molar-refractivity contribution < 1.29 is 9.59 Å². The van der Waals surface area contributed by atoms with Gasteiger partial charge in [-0.15, -0.1) is 0 Å². The average Bonchev–Trinajstić information content (AvgIpc) is 3.05. The summed E-state index contributed by atoms with van der Waals surface area (Å²) in [5, 5.41) is 11.8. The van der Waals surface area contributed by atoms with Gasteiger partial charge in [0.1, 0.15) is 0 Å². The summed E-state index contributed by atoms with van der Waals surface area (Å²) in [6, 6.07) is 18.7. The number of likely N-dealkylation sites (tertiary alicyclic amines) is 1. The molecule has 2 aromatic rings. The van der Waals surface area contributed by atoms with Gasteiger partial charge in [-0.1, -0.05) is 36.4 Å². The van der Waals surface area contributed by atoms with Crippen molar-refractivity contribution in [3.8, 4) is 6.07 Å². The van der Waals surface area contributed by atoms with Gasteiger partial charge in [-0.25, -0.2) is 0 Å². The van der Waals surface area contributed by atoms with Crippen LogP contribution < -0.4 is 5.32 Å². The molecule has 0 aromatic heterocycles. The number of nitrogens with one attached hydrogen (secondary N) is 1. The maximum atomic E-state index is 12.2. The standard InChI is InChI=1S/C21H21N3O2/c22-13-17-7-4-8-19(11-17)21(26)23-14-18-12-20(25)24(15-18)10-9-16-5-2-1-3-6-16/h1-8,11,18H,9-10,12,14-15H2,(H,23,26). The van der Waals surface area contributed by atoms with Crippen LogP contribution in [0.2, 0.25) is 0 Å². The predicted molar refractivity (Wildman–Crippen MR) is 98.3 cm³/mol. The molecule has 1 N–H and O–H groups in total. The molecule has 5 heteroatoms. The van der Waals surface area contributed by atoms with Crippen molar-refractivity contribution in [3.63, 3.8) is 0 Å². The van der Waals surface area contributed by atoms with Gasteiger partial charge < -0.3 is 10.2 Å². The van der Waals surface area contributed by atoms with Crippen molar-refractivity contribution in [2.45, 2.75) is 12.8 Å². The predicted octanol–water partition coefficient (Wildman–Crippen LogP) is 2.38. The second kappa shape index (κ2) is 8.30. The first-order valence-corrected chi connectivity index (χ1v) is 8.76. The summed E-state index contributed by atoms with van der Waals surface area (Å²) >= 11 is 0. The van der Waals surface area contributed by atoms with E-state index in [1.165, 1.54) is 5.56 Å². The summed E-state index contributed by atoms with van der Waals surface area (Å²) in [6.07, 6.45) is 1.31. The highest BCUT2D eigenvalue weighted by Gasteiger charge is 2.29. The Bertz CT molecular complexity index is 827. The third-order valence-corrected chi connectivity index (χ3v) is 4.61. The quantitative estimate of drug-likeness (QED) is 0.872. The SMILES string of the molecule is N#Cc1cccc(C(=O)NCC2CC(=O)N(CCc3ccccc3)C2)c1. The molecule has 0 bridgehead atoms. The molecule has 26 heavy (non-hydrogen) atoms. The number of hydrogen-bond donors (Lipinski definition) is 1. The molecule has 0 radical (unpaired) electrons. The zero-order valence-corrected chi connectivity index (χ0v) is 14.5. The van der Waals surface area contributed by atoms with Gasteiger partial charge in [-0.05, 0) is 30.2 Å². The second-order valence-electron chi connectivity index (χ2n) is 6.55. The Morgan fingerprint density at radius 2 is 2.00 bits per heavy atom. The Labute approximate surface area is 153 Å². The molecule has 1 fully saturated rings. The number of carbonyl (C=O) groups is 2. The highest BCUT2D eigenvalue weighted by atomic mass is 16.2. The highest BCUT2D eigenvalue weighted by molar-refractivity contribution is 5.94. The molecule has 1 saturated heterocycles. The van der Waals surface area contributed by atoms with Gasteiger partial charge >= 0.3 is 0 Å². The lowest BCUT2D eigenvalue weighted by Gasteiger charge is -2.17. The largest absolute Gasteiger partial charge is 0.352 e.